The Morgan fingerprint density at radius 3 is 2.28 bits per heavy atom. The van der Waals surface area contributed by atoms with Crippen LogP contribution in [0.5, 0.6) is 0 Å². The number of carbonyl (C=O) groups is 4. The molecule has 19 heteroatoms. The molecule has 334 valence electrons. The van der Waals surface area contributed by atoms with Crippen LogP contribution in [0, 0.1) is 23.0 Å². The molecular weight excluding hydrogens is 860 g/mol. The highest BCUT2D eigenvalue weighted by Gasteiger charge is 2.47. The number of unbranched alkanes of at least 4 members (excludes halogenated alkanes) is 2. The Labute approximate surface area is 366 Å². The topological polar surface area (TPSA) is 172 Å². The zero-order valence-corrected chi connectivity index (χ0v) is 35.6. The Balaban J connectivity index is 0.847. The number of amides is 4. The van der Waals surface area contributed by atoms with E-state index in [-0.39, 0.29) is 73.8 Å². The van der Waals surface area contributed by atoms with Crippen molar-refractivity contribution in [1.82, 2.24) is 30.1 Å². The van der Waals surface area contributed by atoms with Gasteiger partial charge in [-0.05, 0) is 86.8 Å². The minimum Gasteiger partial charge on any atom is -0.352 e. The van der Waals surface area contributed by atoms with Crippen molar-refractivity contribution in [2.24, 2.45) is 0 Å². The van der Waals surface area contributed by atoms with Gasteiger partial charge in [0, 0.05) is 55.8 Å². The molecule has 0 saturated carbocycles. The third-order valence-corrected chi connectivity index (χ3v) is 13.8. The zero-order valence-electron chi connectivity index (χ0n) is 34.7. The second kappa shape index (κ2) is 18.6. The van der Waals surface area contributed by atoms with Crippen molar-refractivity contribution >= 4 is 51.2 Å². The summed E-state index contributed by atoms with van der Waals surface area (Å²) in [6.45, 7) is 4.39. The highest BCUT2D eigenvalue weighted by Crippen LogP contribution is 2.52. The molecule has 1 aromatic heterocycles. The summed E-state index contributed by atoms with van der Waals surface area (Å²) >= 11 is -1.70. The number of anilines is 1. The number of alkyl halides is 3. The first-order chi connectivity index (χ1) is 30.5. The monoisotopic (exact) mass is 902 g/mol. The first-order valence-electron chi connectivity index (χ1n) is 20.4. The second-order valence-corrected chi connectivity index (χ2v) is 18.4. The SMILES string of the molecule is CC1(C)C(=O)N(c2ccc(C#N)c(C(F)(F)F)c2)N[SH]1c1ccc(C(=O)NCCCCCC(=O)N2CCN(C(=O)c3cc(Cc4n[nH]c(=O)c5ccccc45)ccc3F)CC2)c(F)c1. The Kier molecular flexibility index (Phi) is 13.2. The number of hydrogen-bond donors (Lipinski definition) is 4. The van der Waals surface area contributed by atoms with Crippen LogP contribution in [0.4, 0.5) is 27.6 Å². The van der Waals surface area contributed by atoms with Crippen molar-refractivity contribution in [3.63, 3.8) is 0 Å². The van der Waals surface area contributed by atoms with Gasteiger partial charge in [0.1, 0.15) is 11.6 Å². The van der Waals surface area contributed by atoms with Crippen LogP contribution in [0.3, 0.4) is 0 Å². The summed E-state index contributed by atoms with van der Waals surface area (Å²) in [5.41, 5.74) is -1.35. The molecule has 5 aromatic rings. The second-order valence-electron chi connectivity index (χ2n) is 15.9. The van der Waals surface area contributed by atoms with Crippen LogP contribution in [0.25, 0.3) is 10.8 Å². The first-order valence-corrected chi connectivity index (χ1v) is 21.7. The van der Waals surface area contributed by atoms with Crippen molar-refractivity contribution in [2.75, 3.05) is 37.7 Å². The number of aromatic amines is 1. The van der Waals surface area contributed by atoms with Gasteiger partial charge in [-0.3, -0.25) is 24.0 Å². The van der Waals surface area contributed by atoms with Gasteiger partial charge in [-0.1, -0.05) is 30.7 Å². The molecule has 13 nitrogen and oxygen atoms in total. The van der Waals surface area contributed by atoms with Crippen LogP contribution in [0.15, 0.2) is 88.6 Å². The van der Waals surface area contributed by atoms with Crippen molar-refractivity contribution in [3.05, 3.63) is 134 Å². The van der Waals surface area contributed by atoms with E-state index >= 15 is 4.39 Å². The summed E-state index contributed by atoms with van der Waals surface area (Å²) in [4.78, 5) is 71.3. The number of halogens is 5. The summed E-state index contributed by atoms with van der Waals surface area (Å²) in [6, 6.07) is 19.6. The summed E-state index contributed by atoms with van der Waals surface area (Å²) in [6.07, 6.45) is -2.71. The molecule has 0 bridgehead atoms. The molecule has 1 unspecified atom stereocenters. The van der Waals surface area contributed by atoms with Gasteiger partial charge in [0.05, 0.1) is 49.8 Å². The lowest BCUT2D eigenvalue weighted by Gasteiger charge is -2.35. The predicted molar refractivity (Wildman–Crippen MR) is 229 cm³/mol. The minimum atomic E-state index is -4.83. The molecule has 3 heterocycles. The minimum absolute atomic E-state index is 0.0915. The average Bonchev–Trinajstić information content (AvgIpc) is 3.52. The summed E-state index contributed by atoms with van der Waals surface area (Å²) in [5, 5.41) is 20.6. The van der Waals surface area contributed by atoms with Crippen LogP contribution in [-0.2, 0) is 22.2 Å². The fourth-order valence-electron chi connectivity index (χ4n) is 7.73. The van der Waals surface area contributed by atoms with Crippen LogP contribution in [-0.4, -0.2) is 81.1 Å². The Morgan fingerprint density at radius 1 is 0.859 bits per heavy atom. The lowest BCUT2D eigenvalue weighted by atomic mass is 10.0. The predicted octanol–water partition coefficient (Wildman–Crippen LogP) is 6.56. The molecule has 2 fully saturated rings. The van der Waals surface area contributed by atoms with Crippen molar-refractivity contribution in [1.29, 1.82) is 5.26 Å². The van der Waals surface area contributed by atoms with Gasteiger partial charge in [0.2, 0.25) is 5.91 Å². The smallest absolute Gasteiger partial charge is 0.352 e. The molecule has 2 aliphatic rings. The number of hydrogen-bond acceptors (Lipinski definition) is 8. The quantitative estimate of drug-likeness (QED) is 0.0620. The first kappa shape index (κ1) is 45.4. The Bertz CT molecular complexity index is 2750. The molecule has 0 spiro atoms. The number of thiol groups is 1. The normalized spacial score (nSPS) is 16.8. The summed E-state index contributed by atoms with van der Waals surface area (Å²) < 4.78 is 70.1. The fourth-order valence-corrected chi connectivity index (χ4v) is 9.91. The van der Waals surface area contributed by atoms with Gasteiger partial charge in [-0.25, -0.2) is 18.9 Å². The van der Waals surface area contributed by atoms with E-state index in [9.17, 15) is 41.5 Å². The number of aromatic nitrogens is 2. The number of rotatable bonds is 12. The number of nitriles is 1. The van der Waals surface area contributed by atoms with Gasteiger partial charge >= 0.3 is 6.18 Å². The maximum atomic E-state index is 15.4. The van der Waals surface area contributed by atoms with E-state index in [1.807, 2.05) is 0 Å². The van der Waals surface area contributed by atoms with E-state index in [1.165, 1.54) is 41.3 Å². The maximum absolute atomic E-state index is 15.4. The van der Waals surface area contributed by atoms with E-state index in [0.717, 1.165) is 17.1 Å². The molecule has 0 aliphatic carbocycles. The zero-order chi connectivity index (χ0) is 45.9. The number of nitrogens with one attached hydrogen (secondary N) is 3. The van der Waals surface area contributed by atoms with Gasteiger partial charge < -0.3 is 15.1 Å². The van der Waals surface area contributed by atoms with E-state index in [4.69, 9.17) is 5.26 Å². The lowest BCUT2D eigenvalue weighted by molar-refractivity contribution is -0.138. The number of benzene rings is 4. The number of fused-ring (bicyclic) bond motifs is 1. The Hall–Kier alpha value is -6.65. The van der Waals surface area contributed by atoms with Gasteiger partial charge in [-0.15, -0.1) is 11.1 Å². The molecule has 2 aliphatic heterocycles. The Morgan fingerprint density at radius 2 is 1.58 bits per heavy atom. The highest BCUT2D eigenvalue weighted by molar-refractivity contribution is 8.17. The number of H-pyrrole nitrogens is 1. The third kappa shape index (κ3) is 9.48. The van der Waals surface area contributed by atoms with Crippen LogP contribution < -0.4 is 20.7 Å². The molecule has 64 heavy (non-hydrogen) atoms. The highest BCUT2D eigenvalue weighted by atomic mass is 32.2. The molecule has 7 rings (SSSR count). The number of nitrogens with zero attached hydrogens (tertiary/aromatic N) is 5. The maximum Gasteiger partial charge on any atom is 0.417 e. The van der Waals surface area contributed by atoms with Crippen LogP contribution in [0.2, 0.25) is 0 Å². The van der Waals surface area contributed by atoms with Crippen molar-refractivity contribution < 1.29 is 41.1 Å². The van der Waals surface area contributed by atoms with Gasteiger partial charge in [0.25, 0.3) is 23.3 Å². The van der Waals surface area contributed by atoms with Crippen molar-refractivity contribution in [3.8, 4) is 6.07 Å². The fraction of sp³-hybridized carbons (Fsp3) is 0.311. The third-order valence-electron chi connectivity index (χ3n) is 11.3. The average molecular weight is 903 g/mol. The van der Waals surface area contributed by atoms with E-state index in [2.05, 4.69) is 20.3 Å². The largest absolute Gasteiger partial charge is 0.417 e. The molecule has 2 saturated heterocycles. The molecule has 1 atom stereocenters. The van der Waals surface area contributed by atoms with Crippen LogP contribution in [0.1, 0.15) is 82.6 Å². The molecule has 4 aromatic carbocycles. The van der Waals surface area contributed by atoms with Gasteiger partial charge in [0.15, 0.2) is 0 Å². The van der Waals surface area contributed by atoms with Gasteiger partial charge in [-0.2, -0.15) is 28.4 Å². The molecular formula is C45H43F5N8O5S. The summed E-state index contributed by atoms with van der Waals surface area (Å²) in [5.74, 6) is -3.32. The number of piperazine rings is 1. The van der Waals surface area contributed by atoms with E-state index < -0.39 is 62.5 Å². The molecule has 4 amide bonds. The molecule has 0 radical (unpaired) electrons. The number of carbonyl (C=O) groups excluding carboxylic acids is 4. The van der Waals surface area contributed by atoms with Crippen molar-refractivity contribution in [2.45, 2.75) is 61.8 Å². The van der Waals surface area contributed by atoms with E-state index in [1.54, 1.807) is 49.1 Å². The van der Waals surface area contributed by atoms with E-state index in [0.29, 0.717) is 52.3 Å². The lowest BCUT2D eigenvalue weighted by Crippen LogP contribution is -2.50. The summed E-state index contributed by atoms with van der Waals surface area (Å²) in [7, 11) is 0. The number of hydrazine groups is 1. The van der Waals surface area contributed by atoms with Crippen LogP contribution >= 0.6 is 11.1 Å². The molecule has 3 N–H and O–H groups in total. The standard InChI is InChI=1S/C45H43F5N8O5S/c1-44(2)43(63)58(29-13-12-28(26-51)35(24-29)45(48,49)50)55-64(44)30-14-15-33(37(47)25-30)40(60)52-17-7-3-4-10-39(59)56-18-20-57(21-19-56)42(62)34-22-27(11-16-36(34)46)23-38-31-8-5-6-9-32(31)41(61)54-53-38/h5-6,8-9,11-16,22,24-25,55,64H,3-4,7,10,17-21,23H2,1-2H3,(H,52,60)(H,54,61).